The highest BCUT2D eigenvalue weighted by Crippen LogP contribution is 2.29. The van der Waals surface area contributed by atoms with Crippen LogP contribution < -0.4 is 4.74 Å². The highest BCUT2D eigenvalue weighted by Gasteiger charge is 2.25. The van der Waals surface area contributed by atoms with Crippen LogP contribution in [0.5, 0.6) is 5.75 Å². The molecular weight excluding hydrogens is 307 g/mol. The molecule has 0 heterocycles. The van der Waals surface area contributed by atoms with Crippen molar-refractivity contribution in [3.05, 3.63) is 58.9 Å². The molecule has 0 aromatic heterocycles. The van der Waals surface area contributed by atoms with Crippen molar-refractivity contribution in [2.24, 2.45) is 10.2 Å². The van der Waals surface area contributed by atoms with Crippen LogP contribution in [0, 0.1) is 29.1 Å². The molecule has 22 heavy (non-hydrogen) atoms. The van der Waals surface area contributed by atoms with E-state index < -0.39 is 34.8 Å². The highest BCUT2D eigenvalue weighted by atomic mass is 19.2. The second kappa shape index (κ2) is 6.50. The Bertz CT molecular complexity index is 687. The quantitative estimate of drug-likeness (QED) is 0.349. The average Bonchev–Trinajstić information content (AvgIpc) is 2.55. The minimum atomic E-state index is -2.23. The molecule has 3 nitrogen and oxygen atoms in total. The van der Waals surface area contributed by atoms with Crippen molar-refractivity contribution in [2.75, 3.05) is 7.11 Å². The fraction of sp³-hybridized carbons (Fsp3) is 0.143. The Hall–Kier alpha value is -2.51. The van der Waals surface area contributed by atoms with Crippen molar-refractivity contribution >= 4 is 5.69 Å². The molecule has 0 N–H and O–H groups in total. The van der Waals surface area contributed by atoms with Gasteiger partial charge in [-0.15, -0.1) is 5.11 Å². The van der Waals surface area contributed by atoms with Crippen LogP contribution in [0.4, 0.5) is 27.6 Å². The van der Waals surface area contributed by atoms with Gasteiger partial charge in [0.05, 0.1) is 13.7 Å². The van der Waals surface area contributed by atoms with Gasteiger partial charge >= 0.3 is 0 Å². The van der Waals surface area contributed by atoms with E-state index in [0.29, 0.717) is 11.3 Å². The molecule has 0 spiro atoms. The predicted octanol–water partition coefficient (Wildman–Crippen LogP) is 4.67. The molecule has 0 saturated heterocycles. The number of ether oxygens (including phenoxy) is 1. The Morgan fingerprint density at radius 3 is 1.82 bits per heavy atom. The largest absolute Gasteiger partial charge is 0.497 e. The van der Waals surface area contributed by atoms with E-state index in [9.17, 15) is 22.0 Å². The van der Waals surface area contributed by atoms with E-state index in [4.69, 9.17) is 4.74 Å². The molecule has 0 saturated carbocycles. The van der Waals surface area contributed by atoms with Crippen LogP contribution in [0.15, 0.2) is 34.5 Å². The van der Waals surface area contributed by atoms with Crippen molar-refractivity contribution in [2.45, 2.75) is 6.54 Å². The van der Waals surface area contributed by atoms with E-state index in [0.717, 1.165) is 0 Å². The van der Waals surface area contributed by atoms with E-state index in [1.807, 2.05) is 0 Å². The monoisotopic (exact) mass is 316 g/mol. The number of azo groups is 1. The second-order valence-corrected chi connectivity index (χ2v) is 4.17. The van der Waals surface area contributed by atoms with E-state index in [1.165, 1.54) is 7.11 Å². The number of methoxy groups -OCH3 is 1. The Morgan fingerprint density at radius 1 is 0.818 bits per heavy atom. The second-order valence-electron chi connectivity index (χ2n) is 4.17. The summed E-state index contributed by atoms with van der Waals surface area (Å²) in [7, 11) is 1.48. The van der Waals surface area contributed by atoms with Gasteiger partial charge in [-0.2, -0.15) is 5.11 Å². The first-order valence-electron chi connectivity index (χ1n) is 5.97. The molecule has 8 heteroatoms. The zero-order valence-electron chi connectivity index (χ0n) is 11.2. The Labute approximate surface area is 122 Å². The van der Waals surface area contributed by atoms with Gasteiger partial charge in [0.1, 0.15) is 5.75 Å². The lowest BCUT2D eigenvalue weighted by Gasteiger charge is -2.03. The summed E-state index contributed by atoms with van der Waals surface area (Å²) in [5.74, 6) is -9.79. The molecule has 0 fully saturated rings. The lowest BCUT2D eigenvalue weighted by Crippen LogP contribution is -2.00. The third-order valence-electron chi connectivity index (χ3n) is 2.77. The topological polar surface area (TPSA) is 34.0 Å². The lowest BCUT2D eigenvalue weighted by molar-refractivity contribution is 0.380. The Kier molecular flexibility index (Phi) is 4.69. The number of hydrogen-bond donors (Lipinski definition) is 0. The maximum absolute atomic E-state index is 13.3. The molecule has 0 aliphatic heterocycles. The Morgan fingerprint density at radius 2 is 1.32 bits per heavy atom. The maximum Gasteiger partial charge on any atom is 0.200 e. The van der Waals surface area contributed by atoms with E-state index in [2.05, 4.69) is 10.2 Å². The van der Waals surface area contributed by atoms with Crippen molar-refractivity contribution in [3.8, 4) is 5.75 Å². The number of nitrogens with zero attached hydrogens (tertiary/aromatic N) is 2. The number of hydrogen-bond acceptors (Lipinski definition) is 3. The van der Waals surface area contributed by atoms with E-state index in [1.54, 1.807) is 24.3 Å². The predicted molar refractivity (Wildman–Crippen MR) is 67.4 cm³/mol. The molecule has 116 valence electrons. The third kappa shape index (κ3) is 3.05. The average molecular weight is 316 g/mol. The van der Waals surface area contributed by atoms with Crippen LogP contribution in [0.25, 0.3) is 0 Å². The van der Waals surface area contributed by atoms with Gasteiger partial charge in [0.15, 0.2) is 29.0 Å². The van der Waals surface area contributed by atoms with Crippen LogP contribution in [0.2, 0.25) is 0 Å². The van der Waals surface area contributed by atoms with Crippen molar-refractivity contribution in [1.29, 1.82) is 0 Å². The summed E-state index contributed by atoms with van der Waals surface area (Å²) in [6.07, 6.45) is 0. The van der Waals surface area contributed by atoms with Crippen LogP contribution in [-0.4, -0.2) is 7.11 Å². The maximum atomic E-state index is 13.3. The minimum Gasteiger partial charge on any atom is -0.497 e. The minimum absolute atomic E-state index is 0.0938. The smallest absolute Gasteiger partial charge is 0.200 e. The van der Waals surface area contributed by atoms with Gasteiger partial charge in [-0.1, -0.05) is 12.1 Å². The molecule has 0 bridgehead atoms. The molecule has 0 unspecified atom stereocenters. The molecule has 0 radical (unpaired) electrons. The molecule has 0 aliphatic rings. The van der Waals surface area contributed by atoms with Crippen molar-refractivity contribution < 1.29 is 26.7 Å². The van der Waals surface area contributed by atoms with Gasteiger partial charge in [0.25, 0.3) is 0 Å². The first kappa shape index (κ1) is 15.9. The standard InChI is InChI=1S/C14H9F5N2O/c1-22-8-4-2-7(3-5-8)6-20-21-14-12(18)10(16)9(15)11(17)13(14)19/h2-5H,6H2,1H3. The van der Waals surface area contributed by atoms with E-state index in [-0.39, 0.29) is 6.54 Å². The van der Waals surface area contributed by atoms with Crippen LogP contribution in [-0.2, 0) is 6.54 Å². The lowest BCUT2D eigenvalue weighted by atomic mass is 10.2. The molecule has 2 rings (SSSR count). The summed E-state index contributed by atoms with van der Waals surface area (Å²) in [5.41, 5.74) is -0.696. The molecule has 2 aromatic rings. The fourth-order valence-electron chi connectivity index (χ4n) is 1.60. The summed E-state index contributed by atoms with van der Waals surface area (Å²) in [6, 6.07) is 6.50. The van der Waals surface area contributed by atoms with Gasteiger partial charge < -0.3 is 4.74 Å². The first-order valence-corrected chi connectivity index (χ1v) is 5.97. The van der Waals surface area contributed by atoms with E-state index >= 15 is 0 Å². The third-order valence-corrected chi connectivity index (χ3v) is 2.77. The SMILES string of the molecule is COc1ccc(CN=Nc2c(F)c(F)c(F)c(F)c2F)cc1. The molecule has 0 atom stereocenters. The first-order chi connectivity index (χ1) is 10.5. The van der Waals surface area contributed by atoms with Gasteiger partial charge in [0, 0.05) is 0 Å². The molecule has 0 aliphatic carbocycles. The van der Waals surface area contributed by atoms with Crippen LogP contribution in [0.1, 0.15) is 5.56 Å². The van der Waals surface area contributed by atoms with Gasteiger partial charge in [0.2, 0.25) is 5.82 Å². The fourth-order valence-corrected chi connectivity index (χ4v) is 1.60. The van der Waals surface area contributed by atoms with Crippen molar-refractivity contribution in [3.63, 3.8) is 0 Å². The number of halogens is 5. The zero-order valence-corrected chi connectivity index (χ0v) is 11.2. The van der Waals surface area contributed by atoms with Crippen LogP contribution in [0.3, 0.4) is 0 Å². The molecular formula is C14H9F5N2O. The van der Waals surface area contributed by atoms with Gasteiger partial charge in [-0.25, -0.2) is 22.0 Å². The number of rotatable bonds is 4. The van der Waals surface area contributed by atoms with Gasteiger partial charge in [-0.05, 0) is 17.7 Å². The molecule has 2 aromatic carbocycles. The normalized spacial score (nSPS) is 11.2. The zero-order chi connectivity index (χ0) is 16.3. The summed E-state index contributed by atoms with van der Waals surface area (Å²) >= 11 is 0. The highest BCUT2D eigenvalue weighted by molar-refractivity contribution is 5.41. The number of benzene rings is 2. The van der Waals surface area contributed by atoms with Gasteiger partial charge in [-0.3, -0.25) is 0 Å². The summed E-state index contributed by atoms with van der Waals surface area (Å²) < 4.78 is 70.4. The summed E-state index contributed by atoms with van der Waals surface area (Å²) in [4.78, 5) is 0. The summed E-state index contributed by atoms with van der Waals surface area (Å²) in [5, 5.41) is 6.55. The Balaban J connectivity index is 2.23. The van der Waals surface area contributed by atoms with Crippen LogP contribution >= 0.6 is 0 Å². The van der Waals surface area contributed by atoms with Crippen molar-refractivity contribution in [1.82, 2.24) is 0 Å². The summed E-state index contributed by atoms with van der Waals surface area (Å²) in [6.45, 7) is -0.0938. The molecule has 0 amide bonds.